The predicted octanol–water partition coefficient (Wildman–Crippen LogP) is 3.79. The third-order valence-corrected chi connectivity index (χ3v) is 4.24. The molecule has 2 rings (SSSR count). The Morgan fingerprint density at radius 1 is 1.30 bits per heavy atom. The van der Waals surface area contributed by atoms with Gasteiger partial charge in [0.1, 0.15) is 5.76 Å². The SMILES string of the molecule is CC(C)NCc1occc1CN(C)CC1CCCCC1. The third-order valence-electron chi connectivity index (χ3n) is 4.24. The summed E-state index contributed by atoms with van der Waals surface area (Å²) in [6, 6.07) is 2.61. The molecule has 3 nitrogen and oxygen atoms in total. The topological polar surface area (TPSA) is 28.4 Å². The molecular formula is C17H30N2O. The van der Waals surface area contributed by atoms with Gasteiger partial charge in [-0.1, -0.05) is 33.1 Å². The molecular weight excluding hydrogens is 248 g/mol. The van der Waals surface area contributed by atoms with Crippen LogP contribution in [0.5, 0.6) is 0 Å². The van der Waals surface area contributed by atoms with Crippen LogP contribution in [-0.2, 0) is 13.1 Å². The van der Waals surface area contributed by atoms with E-state index in [2.05, 4.69) is 37.2 Å². The van der Waals surface area contributed by atoms with Gasteiger partial charge in [0, 0.05) is 24.7 Å². The summed E-state index contributed by atoms with van der Waals surface area (Å²) >= 11 is 0. The third kappa shape index (κ3) is 4.95. The van der Waals surface area contributed by atoms with Crippen LogP contribution in [0, 0.1) is 5.92 Å². The lowest BCUT2D eigenvalue weighted by molar-refractivity contribution is 0.226. The molecule has 1 fully saturated rings. The van der Waals surface area contributed by atoms with Crippen molar-refractivity contribution in [2.75, 3.05) is 13.6 Å². The molecule has 0 aliphatic heterocycles. The molecule has 0 aromatic carbocycles. The number of hydrogen-bond donors (Lipinski definition) is 1. The van der Waals surface area contributed by atoms with Gasteiger partial charge in [0.15, 0.2) is 0 Å². The highest BCUT2D eigenvalue weighted by molar-refractivity contribution is 5.16. The Morgan fingerprint density at radius 3 is 2.75 bits per heavy atom. The Hall–Kier alpha value is -0.800. The molecule has 1 heterocycles. The van der Waals surface area contributed by atoms with Crippen LogP contribution < -0.4 is 5.32 Å². The molecule has 1 aliphatic rings. The van der Waals surface area contributed by atoms with Crippen LogP contribution >= 0.6 is 0 Å². The van der Waals surface area contributed by atoms with Gasteiger partial charge < -0.3 is 14.6 Å². The number of nitrogens with zero attached hydrogens (tertiary/aromatic N) is 1. The minimum atomic E-state index is 0.493. The van der Waals surface area contributed by atoms with Crippen LogP contribution in [0.1, 0.15) is 57.3 Å². The quantitative estimate of drug-likeness (QED) is 0.822. The Morgan fingerprint density at radius 2 is 2.05 bits per heavy atom. The molecule has 0 bridgehead atoms. The van der Waals surface area contributed by atoms with Crippen molar-refractivity contribution < 1.29 is 4.42 Å². The first-order valence-corrected chi connectivity index (χ1v) is 8.12. The zero-order chi connectivity index (χ0) is 14.4. The second kappa shape index (κ2) is 7.84. The summed E-state index contributed by atoms with van der Waals surface area (Å²) in [4.78, 5) is 2.46. The highest BCUT2D eigenvalue weighted by Crippen LogP contribution is 2.24. The molecule has 1 aliphatic carbocycles. The van der Waals surface area contributed by atoms with Crippen LogP contribution in [0.25, 0.3) is 0 Å². The minimum Gasteiger partial charge on any atom is -0.468 e. The summed E-state index contributed by atoms with van der Waals surface area (Å²) in [5.74, 6) is 1.99. The van der Waals surface area contributed by atoms with E-state index < -0.39 is 0 Å². The maximum Gasteiger partial charge on any atom is 0.122 e. The van der Waals surface area contributed by atoms with E-state index in [1.54, 1.807) is 0 Å². The molecule has 0 unspecified atom stereocenters. The van der Waals surface area contributed by atoms with Crippen LogP contribution in [0.3, 0.4) is 0 Å². The fraction of sp³-hybridized carbons (Fsp3) is 0.765. The smallest absolute Gasteiger partial charge is 0.122 e. The molecule has 1 aromatic rings. The molecule has 114 valence electrons. The molecule has 0 radical (unpaired) electrons. The Kier molecular flexibility index (Phi) is 6.11. The largest absolute Gasteiger partial charge is 0.468 e. The first kappa shape index (κ1) is 15.6. The number of furan rings is 1. The second-order valence-corrected chi connectivity index (χ2v) is 6.61. The molecule has 0 saturated heterocycles. The van der Waals surface area contributed by atoms with E-state index in [9.17, 15) is 0 Å². The Bertz CT molecular complexity index is 380. The average molecular weight is 278 g/mol. The zero-order valence-electron chi connectivity index (χ0n) is 13.3. The van der Waals surface area contributed by atoms with Gasteiger partial charge in [-0.15, -0.1) is 0 Å². The molecule has 1 N–H and O–H groups in total. The van der Waals surface area contributed by atoms with Gasteiger partial charge in [-0.2, -0.15) is 0 Å². The lowest BCUT2D eigenvalue weighted by Gasteiger charge is -2.27. The van der Waals surface area contributed by atoms with Gasteiger partial charge in [0.25, 0.3) is 0 Å². The van der Waals surface area contributed by atoms with Crippen molar-refractivity contribution in [2.45, 2.75) is 65.1 Å². The van der Waals surface area contributed by atoms with Crippen molar-refractivity contribution in [3.63, 3.8) is 0 Å². The fourth-order valence-corrected chi connectivity index (χ4v) is 3.13. The fourth-order valence-electron chi connectivity index (χ4n) is 3.13. The summed E-state index contributed by atoms with van der Waals surface area (Å²) in [5.41, 5.74) is 1.33. The number of hydrogen-bond acceptors (Lipinski definition) is 3. The lowest BCUT2D eigenvalue weighted by Crippen LogP contribution is -2.27. The van der Waals surface area contributed by atoms with E-state index in [4.69, 9.17) is 4.42 Å². The van der Waals surface area contributed by atoms with Gasteiger partial charge in [0.2, 0.25) is 0 Å². The van der Waals surface area contributed by atoms with Crippen LogP contribution in [0.2, 0.25) is 0 Å². The molecule has 0 spiro atoms. The van der Waals surface area contributed by atoms with Gasteiger partial charge in [-0.25, -0.2) is 0 Å². The van der Waals surface area contributed by atoms with Crippen LogP contribution in [0.15, 0.2) is 16.7 Å². The highest BCUT2D eigenvalue weighted by atomic mass is 16.3. The maximum atomic E-state index is 5.62. The van der Waals surface area contributed by atoms with Crippen LogP contribution in [-0.4, -0.2) is 24.5 Å². The molecule has 3 heteroatoms. The van der Waals surface area contributed by atoms with Crippen molar-refractivity contribution in [3.8, 4) is 0 Å². The molecule has 1 saturated carbocycles. The molecule has 0 atom stereocenters. The van der Waals surface area contributed by atoms with Crippen molar-refractivity contribution in [3.05, 3.63) is 23.7 Å². The standard InChI is InChI=1S/C17H30N2O/c1-14(2)18-11-17-16(9-10-20-17)13-19(3)12-15-7-5-4-6-8-15/h9-10,14-15,18H,4-8,11-13H2,1-3H3. The van der Waals surface area contributed by atoms with E-state index in [1.807, 2.05) is 6.26 Å². The van der Waals surface area contributed by atoms with E-state index >= 15 is 0 Å². The van der Waals surface area contributed by atoms with Crippen molar-refractivity contribution >= 4 is 0 Å². The highest BCUT2D eigenvalue weighted by Gasteiger charge is 2.16. The average Bonchev–Trinajstić information content (AvgIpc) is 2.84. The number of rotatable bonds is 7. The molecule has 1 aromatic heterocycles. The van der Waals surface area contributed by atoms with Gasteiger partial charge in [-0.3, -0.25) is 0 Å². The normalized spacial score (nSPS) is 17.2. The van der Waals surface area contributed by atoms with E-state index in [1.165, 1.54) is 44.2 Å². The van der Waals surface area contributed by atoms with E-state index in [-0.39, 0.29) is 0 Å². The predicted molar refractivity (Wildman–Crippen MR) is 83.6 cm³/mol. The first-order chi connectivity index (χ1) is 9.65. The van der Waals surface area contributed by atoms with Crippen molar-refractivity contribution in [2.24, 2.45) is 5.92 Å². The van der Waals surface area contributed by atoms with Crippen molar-refractivity contribution in [1.82, 2.24) is 10.2 Å². The zero-order valence-corrected chi connectivity index (χ0v) is 13.3. The number of nitrogens with one attached hydrogen (secondary N) is 1. The second-order valence-electron chi connectivity index (χ2n) is 6.61. The monoisotopic (exact) mass is 278 g/mol. The summed E-state index contributed by atoms with van der Waals surface area (Å²) < 4.78 is 5.62. The summed E-state index contributed by atoms with van der Waals surface area (Å²) in [5, 5.41) is 3.43. The Labute approximate surface area is 123 Å². The van der Waals surface area contributed by atoms with Crippen LogP contribution in [0.4, 0.5) is 0 Å². The van der Waals surface area contributed by atoms with Gasteiger partial charge in [-0.05, 0) is 31.9 Å². The first-order valence-electron chi connectivity index (χ1n) is 8.12. The Balaban J connectivity index is 1.81. The minimum absolute atomic E-state index is 0.493. The summed E-state index contributed by atoms with van der Waals surface area (Å²) in [7, 11) is 2.24. The molecule has 20 heavy (non-hydrogen) atoms. The summed E-state index contributed by atoms with van der Waals surface area (Å²) in [6.45, 7) is 7.39. The van der Waals surface area contributed by atoms with E-state index in [0.29, 0.717) is 6.04 Å². The van der Waals surface area contributed by atoms with E-state index in [0.717, 1.165) is 24.8 Å². The van der Waals surface area contributed by atoms with Gasteiger partial charge >= 0.3 is 0 Å². The lowest BCUT2D eigenvalue weighted by atomic mass is 9.89. The van der Waals surface area contributed by atoms with Crippen molar-refractivity contribution in [1.29, 1.82) is 0 Å². The molecule has 0 amide bonds. The van der Waals surface area contributed by atoms with Gasteiger partial charge in [0.05, 0.1) is 12.8 Å². The summed E-state index contributed by atoms with van der Waals surface area (Å²) in [6.07, 6.45) is 8.94. The maximum absolute atomic E-state index is 5.62.